The molecule has 1 fully saturated rings. The van der Waals surface area contributed by atoms with Crippen LogP contribution in [0.1, 0.15) is 43.2 Å². The predicted octanol–water partition coefficient (Wildman–Crippen LogP) is 4.16. The van der Waals surface area contributed by atoms with Crippen molar-refractivity contribution in [1.82, 2.24) is 4.31 Å². The van der Waals surface area contributed by atoms with Crippen LogP contribution in [0.25, 0.3) is 0 Å². The van der Waals surface area contributed by atoms with Crippen LogP contribution < -0.4 is 4.90 Å². The number of carbonyl (C=O) groups is 1. The first kappa shape index (κ1) is 21.5. The fourth-order valence-electron chi connectivity index (χ4n) is 3.59. The Kier molecular flexibility index (Phi) is 7.09. The zero-order valence-electron chi connectivity index (χ0n) is 17.3. The molecule has 0 atom stereocenters. The number of carbonyl (C=O) groups excluding carboxylic acids is 1. The summed E-state index contributed by atoms with van der Waals surface area (Å²) in [4.78, 5) is 14.5. The lowest BCUT2D eigenvalue weighted by atomic mass is 10.1. The van der Waals surface area contributed by atoms with Crippen molar-refractivity contribution in [2.45, 2.75) is 50.3 Å². The van der Waals surface area contributed by atoms with Crippen molar-refractivity contribution >= 4 is 21.6 Å². The molecule has 0 bridgehead atoms. The van der Waals surface area contributed by atoms with Gasteiger partial charge in [0.2, 0.25) is 15.9 Å². The van der Waals surface area contributed by atoms with Gasteiger partial charge in [0.05, 0.1) is 4.90 Å². The molecule has 1 saturated heterocycles. The van der Waals surface area contributed by atoms with Crippen molar-refractivity contribution < 1.29 is 13.2 Å². The van der Waals surface area contributed by atoms with Crippen LogP contribution in [0, 0.1) is 6.92 Å². The normalized spacial score (nSPS) is 15.7. The Labute approximate surface area is 174 Å². The van der Waals surface area contributed by atoms with Gasteiger partial charge in [0.1, 0.15) is 0 Å². The van der Waals surface area contributed by atoms with Crippen molar-refractivity contribution in [2.24, 2.45) is 0 Å². The third-order valence-corrected chi connectivity index (χ3v) is 7.46. The zero-order valence-corrected chi connectivity index (χ0v) is 18.1. The van der Waals surface area contributed by atoms with Crippen LogP contribution in [0.2, 0.25) is 0 Å². The largest absolute Gasteiger partial charge is 0.315 e. The van der Waals surface area contributed by atoms with E-state index < -0.39 is 10.0 Å². The Hall–Kier alpha value is -2.18. The molecule has 1 aliphatic rings. The summed E-state index contributed by atoms with van der Waals surface area (Å²) in [6.45, 7) is 3.22. The summed E-state index contributed by atoms with van der Waals surface area (Å²) >= 11 is 0. The summed E-state index contributed by atoms with van der Waals surface area (Å²) in [6, 6.07) is 14.8. The van der Waals surface area contributed by atoms with Crippen molar-refractivity contribution in [3.63, 3.8) is 0 Å². The molecule has 0 spiro atoms. The van der Waals surface area contributed by atoms with Gasteiger partial charge in [-0.3, -0.25) is 4.79 Å². The maximum Gasteiger partial charge on any atom is 0.243 e. The minimum absolute atomic E-state index is 0.0371. The third-order valence-electron chi connectivity index (χ3n) is 5.55. The van der Waals surface area contributed by atoms with Gasteiger partial charge in [-0.25, -0.2) is 8.42 Å². The van der Waals surface area contributed by atoms with E-state index in [1.54, 1.807) is 28.4 Å². The average Bonchev–Trinajstić information content (AvgIpc) is 3.02. The van der Waals surface area contributed by atoms with Gasteiger partial charge in [0.25, 0.3) is 0 Å². The maximum absolute atomic E-state index is 12.9. The molecule has 0 saturated carbocycles. The van der Waals surface area contributed by atoms with Crippen LogP contribution in [0.15, 0.2) is 53.4 Å². The minimum atomic E-state index is -3.43. The molecule has 0 unspecified atom stereocenters. The second-order valence-electron chi connectivity index (χ2n) is 7.75. The number of anilines is 1. The van der Waals surface area contributed by atoms with Crippen LogP contribution in [-0.2, 0) is 21.2 Å². The Morgan fingerprint density at radius 2 is 1.52 bits per heavy atom. The van der Waals surface area contributed by atoms with Gasteiger partial charge < -0.3 is 4.90 Å². The van der Waals surface area contributed by atoms with Gasteiger partial charge in [-0.2, -0.15) is 4.31 Å². The molecule has 0 radical (unpaired) electrons. The van der Waals surface area contributed by atoms with Crippen molar-refractivity contribution in [1.29, 1.82) is 0 Å². The molecule has 1 heterocycles. The standard InChI is InChI=1S/C23H30N2O3S/c1-19-7-12-21(13-8-19)24(2)23(26)16-11-20-9-14-22(15-10-20)29(27,28)25-17-5-3-4-6-18-25/h7-10,12-15H,3-6,11,16-18H2,1-2H3. The highest BCUT2D eigenvalue weighted by molar-refractivity contribution is 7.89. The molecule has 2 aromatic rings. The molecule has 2 aromatic carbocycles. The Morgan fingerprint density at radius 3 is 2.10 bits per heavy atom. The minimum Gasteiger partial charge on any atom is -0.315 e. The smallest absolute Gasteiger partial charge is 0.243 e. The first-order valence-corrected chi connectivity index (χ1v) is 11.7. The van der Waals surface area contributed by atoms with E-state index in [-0.39, 0.29) is 5.91 Å². The average molecular weight is 415 g/mol. The summed E-state index contributed by atoms with van der Waals surface area (Å²) in [5.41, 5.74) is 3.00. The van der Waals surface area contributed by atoms with E-state index in [9.17, 15) is 13.2 Å². The Bertz CT molecular complexity index is 914. The lowest BCUT2D eigenvalue weighted by Gasteiger charge is -2.20. The molecule has 29 heavy (non-hydrogen) atoms. The SMILES string of the molecule is Cc1ccc(N(C)C(=O)CCc2ccc(S(=O)(=O)N3CCCCCC3)cc2)cc1. The Morgan fingerprint density at radius 1 is 0.931 bits per heavy atom. The van der Waals surface area contributed by atoms with Crippen LogP contribution >= 0.6 is 0 Å². The van der Waals surface area contributed by atoms with Crippen molar-refractivity contribution in [3.05, 3.63) is 59.7 Å². The second-order valence-corrected chi connectivity index (χ2v) is 9.69. The first-order valence-electron chi connectivity index (χ1n) is 10.3. The third kappa shape index (κ3) is 5.46. The zero-order chi connectivity index (χ0) is 20.9. The molecule has 5 nitrogen and oxygen atoms in total. The van der Waals surface area contributed by atoms with Crippen LogP contribution in [-0.4, -0.2) is 38.8 Å². The second kappa shape index (κ2) is 9.55. The quantitative estimate of drug-likeness (QED) is 0.713. The highest BCUT2D eigenvalue weighted by Crippen LogP contribution is 2.21. The van der Waals surface area contributed by atoms with E-state index >= 15 is 0 Å². The fourth-order valence-corrected chi connectivity index (χ4v) is 5.11. The molecule has 156 valence electrons. The molecule has 1 aliphatic heterocycles. The highest BCUT2D eigenvalue weighted by Gasteiger charge is 2.24. The van der Waals surface area contributed by atoms with Gasteiger partial charge in [0.15, 0.2) is 0 Å². The van der Waals surface area contributed by atoms with E-state index in [4.69, 9.17) is 0 Å². The maximum atomic E-state index is 12.9. The van der Waals surface area contributed by atoms with Gasteiger partial charge in [-0.05, 0) is 56.0 Å². The molecule has 0 aromatic heterocycles. The van der Waals surface area contributed by atoms with E-state index in [0.717, 1.165) is 42.5 Å². The van der Waals surface area contributed by atoms with E-state index in [1.165, 1.54) is 0 Å². The van der Waals surface area contributed by atoms with E-state index in [0.29, 0.717) is 30.8 Å². The van der Waals surface area contributed by atoms with Crippen LogP contribution in [0.4, 0.5) is 5.69 Å². The molecule has 6 heteroatoms. The summed E-state index contributed by atoms with van der Waals surface area (Å²) in [7, 11) is -1.65. The van der Waals surface area contributed by atoms with Crippen LogP contribution in [0.5, 0.6) is 0 Å². The Balaban J connectivity index is 1.60. The number of rotatable bonds is 6. The monoisotopic (exact) mass is 414 g/mol. The van der Waals surface area contributed by atoms with Crippen molar-refractivity contribution in [2.75, 3.05) is 25.0 Å². The molecule has 0 aliphatic carbocycles. The first-order chi connectivity index (χ1) is 13.9. The molecular formula is C23H30N2O3S. The summed E-state index contributed by atoms with van der Waals surface area (Å²) < 4.78 is 27.3. The fraction of sp³-hybridized carbons (Fsp3) is 0.435. The number of hydrogen-bond donors (Lipinski definition) is 0. The van der Waals surface area contributed by atoms with Gasteiger partial charge >= 0.3 is 0 Å². The number of amides is 1. The molecule has 1 amide bonds. The van der Waals surface area contributed by atoms with Gasteiger partial charge in [-0.15, -0.1) is 0 Å². The van der Waals surface area contributed by atoms with E-state index in [2.05, 4.69) is 0 Å². The molecule has 3 rings (SSSR count). The van der Waals surface area contributed by atoms with E-state index in [1.807, 2.05) is 43.3 Å². The lowest BCUT2D eigenvalue weighted by Crippen LogP contribution is -2.31. The summed E-state index contributed by atoms with van der Waals surface area (Å²) in [6.07, 6.45) is 5.00. The van der Waals surface area contributed by atoms with Crippen molar-refractivity contribution in [3.8, 4) is 0 Å². The van der Waals surface area contributed by atoms with Crippen LogP contribution in [0.3, 0.4) is 0 Å². The number of aryl methyl sites for hydroxylation is 2. The topological polar surface area (TPSA) is 57.7 Å². The highest BCUT2D eigenvalue weighted by atomic mass is 32.2. The molecular weight excluding hydrogens is 384 g/mol. The predicted molar refractivity (Wildman–Crippen MR) is 117 cm³/mol. The molecule has 0 N–H and O–H groups in total. The van der Waals surface area contributed by atoms with Gasteiger partial charge in [-0.1, -0.05) is 42.7 Å². The summed E-state index contributed by atoms with van der Waals surface area (Å²) in [5, 5.41) is 0. The number of nitrogens with zero attached hydrogens (tertiary/aromatic N) is 2. The number of hydrogen-bond acceptors (Lipinski definition) is 3. The number of sulfonamides is 1. The lowest BCUT2D eigenvalue weighted by molar-refractivity contribution is -0.118. The van der Waals surface area contributed by atoms with Gasteiger partial charge in [0, 0.05) is 32.2 Å². The number of benzene rings is 2. The summed E-state index contributed by atoms with van der Waals surface area (Å²) in [5.74, 6) is 0.0371.